The van der Waals surface area contributed by atoms with E-state index in [0.717, 1.165) is 6.07 Å². The molecule has 0 aliphatic carbocycles. The van der Waals surface area contributed by atoms with Gasteiger partial charge in [0.25, 0.3) is 5.91 Å². The van der Waals surface area contributed by atoms with E-state index in [4.69, 9.17) is 10.5 Å². The maximum Gasteiger partial charge on any atom is 0.253 e. The molecule has 0 spiro atoms. The van der Waals surface area contributed by atoms with Crippen molar-refractivity contribution in [1.82, 2.24) is 5.32 Å². The zero-order chi connectivity index (χ0) is 13.7. The van der Waals surface area contributed by atoms with Crippen molar-refractivity contribution in [3.8, 4) is 0 Å². The summed E-state index contributed by atoms with van der Waals surface area (Å²) in [6.45, 7) is 4.34. The van der Waals surface area contributed by atoms with Gasteiger partial charge in [0.1, 0.15) is 5.82 Å². The largest absolute Gasteiger partial charge is 0.398 e. The van der Waals surface area contributed by atoms with Gasteiger partial charge >= 0.3 is 0 Å². The van der Waals surface area contributed by atoms with Crippen LogP contribution >= 0.6 is 0 Å². The second kappa shape index (κ2) is 6.35. The Morgan fingerprint density at radius 3 is 2.72 bits per heavy atom. The van der Waals surface area contributed by atoms with E-state index in [2.05, 4.69) is 5.32 Å². The van der Waals surface area contributed by atoms with Crippen molar-refractivity contribution >= 4 is 11.6 Å². The average Bonchev–Trinajstić information content (AvgIpc) is 2.31. The van der Waals surface area contributed by atoms with E-state index >= 15 is 0 Å². The molecule has 1 rings (SSSR count). The van der Waals surface area contributed by atoms with Crippen LogP contribution in [0.15, 0.2) is 18.2 Å². The van der Waals surface area contributed by atoms with E-state index in [1.807, 2.05) is 13.8 Å². The number of nitrogens with one attached hydrogen (secondary N) is 1. The van der Waals surface area contributed by atoms with Gasteiger partial charge in [-0.05, 0) is 24.1 Å². The van der Waals surface area contributed by atoms with Crippen molar-refractivity contribution in [2.75, 3.05) is 19.5 Å². The lowest BCUT2D eigenvalue weighted by molar-refractivity contribution is 0.0867. The minimum atomic E-state index is -0.484. The van der Waals surface area contributed by atoms with Crippen LogP contribution in [0.3, 0.4) is 0 Å². The van der Waals surface area contributed by atoms with Crippen LogP contribution in [0.4, 0.5) is 10.1 Å². The zero-order valence-electron chi connectivity index (χ0n) is 10.9. The van der Waals surface area contributed by atoms with E-state index in [9.17, 15) is 9.18 Å². The molecule has 5 heteroatoms. The summed E-state index contributed by atoms with van der Waals surface area (Å²) in [6.07, 6.45) is 0. The van der Waals surface area contributed by atoms with E-state index < -0.39 is 5.82 Å². The molecule has 3 N–H and O–H groups in total. The number of ether oxygens (including phenoxy) is 1. The minimum Gasteiger partial charge on any atom is -0.398 e. The normalized spacial score (nSPS) is 12.5. The Hall–Kier alpha value is -1.62. The molecule has 0 aliphatic rings. The number of hydrogen-bond acceptors (Lipinski definition) is 3. The Morgan fingerprint density at radius 1 is 1.50 bits per heavy atom. The Balaban J connectivity index is 2.83. The monoisotopic (exact) mass is 254 g/mol. The van der Waals surface area contributed by atoms with Crippen molar-refractivity contribution in [2.45, 2.75) is 19.9 Å². The molecule has 0 fully saturated rings. The third-order valence-corrected chi connectivity index (χ3v) is 2.73. The predicted octanol–water partition coefficient (Wildman–Crippen LogP) is 1.81. The molecule has 0 saturated carbocycles. The first-order valence-electron chi connectivity index (χ1n) is 5.80. The molecule has 4 nitrogen and oxygen atoms in total. The lowest BCUT2D eigenvalue weighted by Gasteiger charge is -2.21. The number of amides is 1. The summed E-state index contributed by atoms with van der Waals surface area (Å²) in [6, 6.07) is 3.60. The van der Waals surface area contributed by atoms with E-state index in [1.54, 1.807) is 7.11 Å². The average molecular weight is 254 g/mol. The molecule has 1 aromatic rings. The summed E-state index contributed by atoms with van der Waals surface area (Å²) >= 11 is 0. The van der Waals surface area contributed by atoms with Gasteiger partial charge in [0, 0.05) is 12.8 Å². The Morgan fingerprint density at radius 2 is 2.17 bits per heavy atom. The van der Waals surface area contributed by atoms with Crippen molar-refractivity contribution in [3.63, 3.8) is 0 Å². The van der Waals surface area contributed by atoms with Gasteiger partial charge < -0.3 is 15.8 Å². The molecule has 1 unspecified atom stereocenters. The van der Waals surface area contributed by atoms with Gasteiger partial charge in [-0.2, -0.15) is 0 Å². The second-order valence-corrected chi connectivity index (χ2v) is 4.51. The molecule has 1 amide bonds. The molecule has 0 bridgehead atoms. The van der Waals surface area contributed by atoms with Crippen LogP contribution in [0.2, 0.25) is 0 Å². The Bertz CT molecular complexity index is 421. The van der Waals surface area contributed by atoms with Crippen LogP contribution in [0.1, 0.15) is 24.2 Å². The summed E-state index contributed by atoms with van der Waals surface area (Å²) < 4.78 is 18.1. The molecule has 0 saturated heterocycles. The Labute approximate surface area is 106 Å². The second-order valence-electron chi connectivity index (χ2n) is 4.51. The van der Waals surface area contributed by atoms with Crippen LogP contribution in [0.25, 0.3) is 0 Å². The summed E-state index contributed by atoms with van der Waals surface area (Å²) in [5, 5.41) is 2.79. The van der Waals surface area contributed by atoms with Gasteiger partial charge in [-0.25, -0.2) is 4.39 Å². The third kappa shape index (κ3) is 3.70. The molecule has 1 atom stereocenters. The van der Waals surface area contributed by atoms with Crippen LogP contribution in [0, 0.1) is 11.7 Å². The number of nitrogen functional groups attached to an aromatic ring is 1. The fourth-order valence-corrected chi connectivity index (χ4v) is 1.55. The van der Waals surface area contributed by atoms with Crippen LogP contribution in [0.5, 0.6) is 0 Å². The van der Waals surface area contributed by atoms with Gasteiger partial charge in [-0.1, -0.05) is 13.8 Å². The van der Waals surface area contributed by atoms with Crippen molar-refractivity contribution < 1.29 is 13.9 Å². The fourth-order valence-electron chi connectivity index (χ4n) is 1.55. The zero-order valence-corrected chi connectivity index (χ0v) is 10.9. The summed E-state index contributed by atoms with van der Waals surface area (Å²) in [5.74, 6) is -0.659. The van der Waals surface area contributed by atoms with Gasteiger partial charge in [0.05, 0.1) is 18.2 Å². The standard InChI is InChI=1S/C13H19FN2O2/c1-8(2)12(7-18-3)16-13(17)10-6-9(14)4-5-11(10)15/h4-6,8,12H,7,15H2,1-3H3,(H,16,17). The minimum absolute atomic E-state index is 0.134. The molecule has 100 valence electrons. The SMILES string of the molecule is COCC(NC(=O)c1cc(F)ccc1N)C(C)C. The molecule has 0 radical (unpaired) electrons. The maximum atomic E-state index is 13.1. The Kier molecular flexibility index (Phi) is 5.09. The topological polar surface area (TPSA) is 64.3 Å². The van der Waals surface area contributed by atoms with Crippen molar-refractivity contribution in [2.24, 2.45) is 5.92 Å². The van der Waals surface area contributed by atoms with E-state index in [-0.39, 0.29) is 29.1 Å². The highest BCUT2D eigenvalue weighted by Crippen LogP contribution is 2.14. The van der Waals surface area contributed by atoms with Crippen molar-refractivity contribution in [1.29, 1.82) is 0 Å². The number of carbonyl (C=O) groups excluding carboxylic acids is 1. The van der Waals surface area contributed by atoms with Gasteiger partial charge in [-0.3, -0.25) is 4.79 Å². The number of hydrogen-bond donors (Lipinski definition) is 2. The van der Waals surface area contributed by atoms with E-state index in [0.29, 0.717) is 6.61 Å². The highest BCUT2D eigenvalue weighted by atomic mass is 19.1. The van der Waals surface area contributed by atoms with Crippen molar-refractivity contribution in [3.05, 3.63) is 29.6 Å². The molecule has 1 aromatic carbocycles. The number of methoxy groups -OCH3 is 1. The lowest BCUT2D eigenvalue weighted by Crippen LogP contribution is -2.41. The number of rotatable bonds is 5. The van der Waals surface area contributed by atoms with Gasteiger partial charge in [0.2, 0.25) is 0 Å². The van der Waals surface area contributed by atoms with Gasteiger partial charge in [0.15, 0.2) is 0 Å². The first-order valence-corrected chi connectivity index (χ1v) is 5.80. The lowest BCUT2D eigenvalue weighted by atomic mass is 10.0. The first kappa shape index (κ1) is 14.4. The predicted molar refractivity (Wildman–Crippen MR) is 68.8 cm³/mol. The maximum absolute atomic E-state index is 13.1. The molecule has 18 heavy (non-hydrogen) atoms. The summed E-state index contributed by atoms with van der Waals surface area (Å²) in [4.78, 5) is 12.0. The quantitative estimate of drug-likeness (QED) is 0.788. The van der Waals surface area contributed by atoms with E-state index in [1.165, 1.54) is 12.1 Å². The van der Waals surface area contributed by atoms with Crippen LogP contribution < -0.4 is 11.1 Å². The number of carbonyl (C=O) groups is 1. The van der Waals surface area contributed by atoms with Crippen LogP contribution in [-0.2, 0) is 4.74 Å². The fraction of sp³-hybridized carbons (Fsp3) is 0.462. The number of anilines is 1. The molecule has 0 aromatic heterocycles. The molecule has 0 heterocycles. The number of benzene rings is 1. The first-order chi connectivity index (χ1) is 8.45. The van der Waals surface area contributed by atoms with Gasteiger partial charge in [-0.15, -0.1) is 0 Å². The highest BCUT2D eigenvalue weighted by molar-refractivity contribution is 5.99. The molecule has 0 aliphatic heterocycles. The third-order valence-electron chi connectivity index (χ3n) is 2.73. The number of halogens is 1. The summed E-state index contributed by atoms with van der Waals surface area (Å²) in [5.41, 5.74) is 6.07. The summed E-state index contributed by atoms with van der Waals surface area (Å²) in [7, 11) is 1.57. The smallest absolute Gasteiger partial charge is 0.253 e. The van der Waals surface area contributed by atoms with Crippen LogP contribution in [-0.4, -0.2) is 25.7 Å². The molecular formula is C13H19FN2O2. The highest BCUT2D eigenvalue weighted by Gasteiger charge is 2.18. The number of nitrogens with two attached hydrogens (primary N) is 1. The molecular weight excluding hydrogens is 235 g/mol.